The van der Waals surface area contributed by atoms with Gasteiger partial charge >= 0.3 is 0 Å². The van der Waals surface area contributed by atoms with Crippen LogP contribution in [0.3, 0.4) is 0 Å². The third-order valence-electron chi connectivity index (χ3n) is 5.82. The Balaban J connectivity index is 1.34. The summed E-state index contributed by atoms with van der Waals surface area (Å²) in [6.07, 6.45) is 3.90. The van der Waals surface area contributed by atoms with E-state index in [0.717, 1.165) is 31.7 Å². The lowest BCUT2D eigenvalue weighted by molar-refractivity contribution is -0.118. The van der Waals surface area contributed by atoms with Gasteiger partial charge in [0, 0.05) is 17.8 Å². The van der Waals surface area contributed by atoms with Crippen molar-refractivity contribution in [2.24, 2.45) is 0 Å². The summed E-state index contributed by atoms with van der Waals surface area (Å²) in [4.78, 5) is 27.3. The smallest absolute Gasteiger partial charge is 0.262 e. The van der Waals surface area contributed by atoms with Gasteiger partial charge in [-0.15, -0.1) is 0 Å². The molecule has 0 aliphatic carbocycles. The number of carbonyl (C=O) groups is 2. The monoisotopic (exact) mass is 481 g/mol. The number of furan rings is 1. The van der Waals surface area contributed by atoms with Crippen molar-refractivity contribution in [3.05, 3.63) is 78.0 Å². The second-order valence-electron chi connectivity index (χ2n) is 8.19. The second-order valence-corrected chi connectivity index (χ2v) is 8.19. The fourth-order valence-corrected chi connectivity index (χ4v) is 4.04. The second kappa shape index (κ2) is 11.5. The summed E-state index contributed by atoms with van der Waals surface area (Å²) in [5, 5.41) is 5.61. The largest absolute Gasteiger partial charge is 0.493 e. The van der Waals surface area contributed by atoms with Gasteiger partial charge in [0.1, 0.15) is 11.6 Å². The molecule has 3 aromatic rings. The Bertz CT molecular complexity index is 1130. The number of anilines is 1. The Hall–Kier alpha value is -3.85. The SMILES string of the molecule is COc1cc(C(=O)NCC(c2ccco2)N2CCCC2)ccc1OCC(=O)Nc1ccc(F)cc1. The number of hydrogen-bond donors (Lipinski definition) is 2. The summed E-state index contributed by atoms with van der Waals surface area (Å²) < 4.78 is 29.5. The van der Waals surface area contributed by atoms with Crippen LogP contribution >= 0.6 is 0 Å². The van der Waals surface area contributed by atoms with Gasteiger partial charge in [-0.1, -0.05) is 0 Å². The Morgan fingerprint density at radius 2 is 1.86 bits per heavy atom. The molecule has 1 aliphatic rings. The lowest BCUT2D eigenvalue weighted by Gasteiger charge is -2.26. The molecular weight excluding hydrogens is 453 g/mol. The van der Waals surface area contributed by atoms with Gasteiger partial charge in [0.05, 0.1) is 19.4 Å². The van der Waals surface area contributed by atoms with Crippen LogP contribution in [0, 0.1) is 5.82 Å². The number of amides is 2. The van der Waals surface area contributed by atoms with Gasteiger partial charge in [0.15, 0.2) is 18.1 Å². The summed E-state index contributed by atoms with van der Waals surface area (Å²) in [7, 11) is 1.46. The zero-order valence-corrected chi connectivity index (χ0v) is 19.5. The van der Waals surface area contributed by atoms with E-state index in [0.29, 0.717) is 29.3 Å². The zero-order valence-electron chi connectivity index (χ0n) is 19.5. The van der Waals surface area contributed by atoms with Crippen LogP contribution < -0.4 is 20.1 Å². The fraction of sp³-hybridized carbons (Fsp3) is 0.308. The van der Waals surface area contributed by atoms with Crippen molar-refractivity contribution in [2.75, 3.05) is 38.7 Å². The van der Waals surface area contributed by atoms with E-state index in [4.69, 9.17) is 13.9 Å². The third-order valence-corrected chi connectivity index (χ3v) is 5.82. The van der Waals surface area contributed by atoms with Crippen LogP contribution in [0.15, 0.2) is 65.3 Å². The summed E-state index contributed by atoms with van der Waals surface area (Å²) in [5.41, 5.74) is 0.866. The number of benzene rings is 2. The number of nitrogens with zero attached hydrogens (tertiary/aromatic N) is 1. The van der Waals surface area contributed by atoms with Gasteiger partial charge in [0.2, 0.25) is 0 Å². The first-order valence-electron chi connectivity index (χ1n) is 11.5. The van der Waals surface area contributed by atoms with Crippen molar-refractivity contribution in [3.63, 3.8) is 0 Å². The Morgan fingerprint density at radius 3 is 2.54 bits per heavy atom. The highest BCUT2D eigenvalue weighted by Gasteiger charge is 2.26. The molecule has 184 valence electrons. The molecule has 0 radical (unpaired) electrons. The minimum absolute atomic E-state index is 0.0272. The standard InChI is InChI=1S/C26H28FN3O5/c1-33-24-15-18(6-11-23(24)35-17-25(31)29-20-9-7-19(27)8-10-20)26(32)28-16-21(22-5-4-14-34-22)30-12-2-3-13-30/h4-11,14-15,21H,2-3,12-13,16-17H2,1H3,(H,28,32)(H,29,31). The highest BCUT2D eigenvalue weighted by molar-refractivity contribution is 5.95. The number of methoxy groups -OCH3 is 1. The highest BCUT2D eigenvalue weighted by Crippen LogP contribution is 2.29. The number of nitrogens with one attached hydrogen (secondary N) is 2. The van der Waals surface area contributed by atoms with Crippen molar-refractivity contribution in [3.8, 4) is 11.5 Å². The predicted molar refractivity (Wildman–Crippen MR) is 128 cm³/mol. The lowest BCUT2D eigenvalue weighted by atomic mass is 10.1. The number of ether oxygens (including phenoxy) is 2. The first-order chi connectivity index (χ1) is 17.0. The molecule has 1 unspecified atom stereocenters. The molecule has 4 rings (SSSR count). The maximum atomic E-state index is 13.0. The number of carbonyl (C=O) groups excluding carboxylic acids is 2. The topological polar surface area (TPSA) is 93.0 Å². The Morgan fingerprint density at radius 1 is 1.09 bits per heavy atom. The van der Waals surface area contributed by atoms with Crippen molar-refractivity contribution in [1.29, 1.82) is 0 Å². The molecule has 9 heteroatoms. The van der Waals surface area contributed by atoms with Crippen LogP contribution in [-0.4, -0.2) is 50.1 Å². The Kier molecular flexibility index (Phi) is 7.99. The third kappa shape index (κ3) is 6.39. The molecule has 0 bridgehead atoms. The number of likely N-dealkylation sites (tertiary alicyclic amines) is 1. The van der Waals surface area contributed by atoms with E-state index in [1.807, 2.05) is 12.1 Å². The first kappa shape index (κ1) is 24.3. The average Bonchev–Trinajstić information content (AvgIpc) is 3.59. The lowest BCUT2D eigenvalue weighted by Crippen LogP contribution is -2.36. The summed E-state index contributed by atoms with van der Waals surface area (Å²) in [6.45, 7) is 2.07. The van der Waals surface area contributed by atoms with E-state index >= 15 is 0 Å². The van der Waals surface area contributed by atoms with Gasteiger partial charge < -0.3 is 24.5 Å². The van der Waals surface area contributed by atoms with Crippen molar-refractivity contribution < 1.29 is 27.9 Å². The maximum Gasteiger partial charge on any atom is 0.262 e. The fourth-order valence-electron chi connectivity index (χ4n) is 4.04. The molecule has 35 heavy (non-hydrogen) atoms. The number of rotatable bonds is 10. The van der Waals surface area contributed by atoms with E-state index in [2.05, 4.69) is 15.5 Å². The molecule has 2 aromatic carbocycles. The van der Waals surface area contributed by atoms with Gasteiger partial charge in [-0.05, 0) is 80.5 Å². The van der Waals surface area contributed by atoms with Crippen LogP contribution in [0.2, 0.25) is 0 Å². The van der Waals surface area contributed by atoms with Crippen LogP contribution in [-0.2, 0) is 4.79 Å². The maximum absolute atomic E-state index is 13.0. The molecule has 0 saturated carbocycles. The van der Waals surface area contributed by atoms with Crippen LogP contribution in [0.1, 0.15) is 35.0 Å². The van der Waals surface area contributed by atoms with Crippen molar-refractivity contribution in [2.45, 2.75) is 18.9 Å². The molecule has 1 saturated heterocycles. The quantitative estimate of drug-likeness (QED) is 0.455. The zero-order chi connectivity index (χ0) is 24.6. The highest BCUT2D eigenvalue weighted by atomic mass is 19.1. The van der Waals surface area contributed by atoms with Crippen LogP contribution in [0.4, 0.5) is 10.1 Å². The number of halogens is 1. The summed E-state index contributed by atoms with van der Waals surface area (Å²) in [6, 6.07) is 14.0. The molecule has 0 spiro atoms. The molecule has 1 aliphatic heterocycles. The molecule has 8 nitrogen and oxygen atoms in total. The molecule has 1 aromatic heterocycles. The van der Waals surface area contributed by atoms with Crippen LogP contribution in [0.5, 0.6) is 11.5 Å². The van der Waals surface area contributed by atoms with E-state index in [1.54, 1.807) is 24.5 Å². The number of hydrogen-bond acceptors (Lipinski definition) is 6. The van der Waals surface area contributed by atoms with Crippen molar-refractivity contribution in [1.82, 2.24) is 10.2 Å². The Labute approximate surface area is 203 Å². The molecule has 2 N–H and O–H groups in total. The minimum atomic E-state index is -0.411. The summed E-state index contributed by atoms with van der Waals surface area (Å²) in [5.74, 6) is 0.428. The minimum Gasteiger partial charge on any atom is -0.493 e. The molecule has 2 heterocycles. The van der Waals surface area contributed by atoms with E-state index in [1.165, 1.54) is 31.4 Å². The van der Waals surface area contributed by atoms with E-state index in [-0.39, 0.29) is 24.4 Å². The predicted octanol–water partition coefficient (Wildman–Crippen LogP) is 4.01. The van der Waals surface area contributed by atoms with E-state index in [9.17, 15) is 14.0 Å². The summed E-state index contributed by atoms with van der Waals surface area (Å²) >= 11 is 0. The normalized spacial score (nSPS) is 14.3. The molecule has 2 amide bonds. The van der Waals surface area contributed by atoms with Gasteiger partial charge in [-0.2, -0.15) is 0 Å². The van der Waals surface area contributed by atoms with Crippen LogP contribution in [0.25, 0.3) is 0 Å². The van der Waals surface area contributed by atoms with Gasteiger partial charge in [-0.3, -0.25) is 14.5 Å². The first-order valence-corrected chi connectivity index (χ1v) is 11.5. The average molecular weight is 482 g/mol. The van der Waals surface area contributed by atoms with E-state index < -0.39 is 5.91 Å². The molecule has 1 atom stereocenters. The molecule has 1 fully saturated rings. The van der Waals surface area contributed by atoms with Crippen molar-refractivity contribution >= 4 is 17.5 Å². The van der Waals surface area contributed by atoms with Gasteiger partial charge in [0.25, 0.3) is 11.8 Å². The van der Waals surface area contributed by atoms with Gasteiger partial charge in [-0.25, -0.2) is 4.39 Å². The molecular formula is C26H28FN3O5.